The van der Waals surface area contributed by atoms with Crippen LogP contribution in [0.5, 0.6) is 0 Å². The van der Waals surface area contributed by atoms with Crippen molar-refractivity contribution in [2.75, 3.05) is 5.75 Å². The molecule has 0 unspecified atom stereocenters. The summed E-state index contributed by atoms with van der Waals surface area (Å²) in [5.74, 6) is -1.70. The lowest BCUT2D eigenvalue weighted by molar-refractivity contribution is -0.301. The van der Waals surface area contributed by atoms with Gasteiger partial charge in [0.25, 0.3) is 5.91 Å². The molecule has 0 aliphatic carbocycles. The predicted octanol–water partition coefficient (Wildman–Crippen LogP) is -0.181. The number of hydrogen-bond acceptors (Lipinski definition) is 5. The number of allylic oxidation sites excluding steroid dienone is 1. The summed E-state index contributed by atoms with van der Waals surface area (Å²) < 4.78 is 0. The molecule has 0 radical (unpaired) electrons. The van der Waals surface area contributed by atoms with Crippen molar-refractivity contribution in [3.8, 4) is 0 Å². The molecular weight excluding hydrogens is 328 g/mol. The van der Waals surface area contributed by atoms with Crippen molar-refractivity contribution in [1.82, 2.24) is 10.2 Å². The van der Waals surface area contributed by atoms with Crippen LogP contribution in [0.4, 0.5) is 0 Å². The Balaban J connectivity index is 1.70. The molecule has 0 saturated carbocycles. The molecule has 0 spiro atoms. The number of hydrogen-bond donors (Lipinski definition) is 1. The van der Waals surface area contributed by atoms with E-state index in [4.69, 9.17) is 0 Å². The Morgan fingerprint density at radius 3 is 2.71 bits per heavy atom. The van der Waals surface area contributed by atoms with Crippen LogP contribution in [-0.4, -0.2) is 39.9 Å². The SMILES string of the molecule is C=CC1=C(C(=O)[O-])N2C(=O)[C@H](NC(=O)Cc3ccccc3)[C@@H]2SC1. The molecule has 124 valence electrons. The summed E-state index contributed by atoms with van der Waals surface area (Å²) in [6.07, 6.45) is 1.59. The average Bonchev–Trinajstić information content (AvgIpc) is 2.58. The number of nitrogens with zero attached hydrogens (tertiary/aromatic N) is 1. The van der Waals surface area contributed by atoms with E-state index in [1.54, 1.807) is 0 Å². The van der Waals surface area contributed by atoms with Gasteiger partial charge in [0.1, 0.15) is 11.4 Å². The van der Waals surface area contributed by atoms with Crippen molar-refractivity contribution in [1.29, 1.82) is 0 Å². The quantitative estimate of drug-likeness (QED) is 0.749. The van der Waals surface area contributed by atoms with Crippen molar-refractivity contribution in [2.24, 2.45) is 0 Å². The van der Waals surface area contributed by atoms with Gasteiger partial charge < -0.3 is 15.2 Å². The number of carbonyl (C=O) groups is 3. The van der Waals surface area contributed by atoms with Crippen LogP contribution in [0.3, 0.4) is 0 Å². The minimum absolute atomic E-state index is 0.146. The molecule has 24 heavy (non-hydrogen) atoms. The zero-order valence-corrected chi connectivity index (χ0v) is 13.5. The Morgan fingerprint density at radius 1 is 1.38 bits per heavy atom. The number of thioether (sulfide) groups is 1. The third-order valence-corrected chi connectivity index (χ3v) is 5.26. The van der Waals surface area contributed by atoms with Gasteiger partial charge in [-0.2, -0.15) is 0 Å². The molecule has 1 fully saturated rings. The smallest absolute Gasteiger partial charge is 0.253 e. The van der Waals surface area contributed by atoms with E-state index in [-0.39, 0.29) is 18.0 Å². The van der Waals surface area contributed by atoms with E-state index in [0.717, 1.165) is 5.56 Å². The van der Waals surface area contributed by atoms with Crippen LogP contribution in [0.2, 0.25) is 0 Å². The molecule has 2 atom stereocenters. The largest absolute Gasteiger partial charge is 0.543 e. The highest BCUT2D eigenvalue weighted by Gasteiger charge is 2.52. The van der Waals surface area contributed by atoms with Crippen LogP contribution in [0.15, 0.2) is 54.3 Å². The van der Waals surface area contributed by atoms with E-state index in [1.165, 1.54) is 22.7 Å². The first-order chi connectivity index (χ1) is 11.5. The lowest BCUT2D eigenvalue weighted by Gasteiger charge is -2.50. The zero-order valence-electron chi connectivity index (χ0n) is 12.7. The fourth-order valence-corrected chi connectivity index (χ4v) is 4.13. The molecule has 1 N–H and O–H groups in total. The molecule has 0 bridgehead atoms. The minimum atomic E-state index is -1.40. The summed E-state index contributed by atoms with van der Waals surface area (Å²) in [6.45, 7) is 3.57. The van der Waals surface area contributed by atoms with Crippen molar-refractivity contribution < 1.29 is 19.5 Å². The highest BCUT2D eigenvalue weighted by atomic mass is 32.2. The Labute approximate surface area is 143 Å². The van der Waals surface area contributed by atoms with Gasteiger partial charge in [0.2, 0.25) is 5.91 Å². The minimum Gasteiger partial charge on any atom is -0.543 e. The summed E-state index contributed by atoms with van der Waals surface area (Å²) in [7, 11) is 0. The Kier molecular flexibility index (Phi) is 4.44. The van der Waals surface area contributed by atoms with Gasteiger partial charge in [-0.25, -0.2) is 0 Å². The van der Waals surface area contributed by atoms with Gasteiger partial charge in [0.05, 0.1) is 18.1 Å². The van der Waals surface area contributed by atoms with Crippen LogP contribution in [0, 0.1) is 0 Å². The monoisotopic (exact) mass is 343 g/mol. The van der Waals surface area contributed by atoms with Gasteiger partial charge in [-0.15, -0.1) is 11.8 Å². The summed E-state index contributed by atoms with van der Waals surface area (Å²) in [6, 6.07) is 8.48. The normalized spacial score (nSPS) is 22.5. The predicted molar refractivity (Wildman–Crippen MR) is 87.4 cm³/mol. The molecular formula is C17H15N2O4S-. The van der Waals surface area contributed by atoms with Crippen LogP contribution in [-0.2, 0) is 20.8 Å². The standard InChI is InChI=1S/C17H16N2O4S/c1-2-11-9-24-16-13(15(21)19(16)14(11)17(22)23)18-12(20)8-10-6-4-3-5-7-10/h2-7,13,16H,1,8-9H2,(H,18,20)(H,22,23)/p-1/t13-,16-/m0/s1. The van der Waals surface area contributed by atoms with E-state index >= 15 is 0 Å². The van der Waals surface area contributed by atoms with E-state index in [2.05, 4.69) is 11.9 Å². The first-order valence-corrected chi connectivity index (χ1v) is 8.42. The highest BCUT2D eigenvalue weighted by molar-refractivity contribution is 8.00. The molecule has 1 aromatic carbocycles. The molecule has 1 aromatic rings. The lowest BCUT2D eigenvalue weighted by Crippen LogP contribution is -2.71. The molecule has 2 aliphatic rings. The zero-order chi connectivity index (χ0) is 17.3. The van der Waals surface area contributed by atoms with Gasteiger partial charge in [0, 0.05) is 5.75 Å². The van der Waals surface area contributed by atoms with Crippen molar-refractivity contribution in [2.45, 2.75) is 17.8 Å². The van der Waals surface area contributed by atoms with Gasteiger partial charge in [-0.1, -0.05) is 43.0 Å². The molecule has 2 aliphatic heterocycles. The molecule has 0 aromatic heterocycles. The number of β-lactam (4-membered cyclic amide) rings is 1. The molecule has 1 saturated heterocycles. The summed E-state index contributed by atoms with van der Waals surface area (Å²) in [5.41, 5.74) is 1.16. The number of carbonyl (C=O) groups excluding carboxylic acids is 3. The molecule has 7 heteroatoms. The first kappa shape index (κ1) is 16.3. The third-order valence-electron chi connectivity index (χ3n) is 3.96. The maximum Gasteiger partial charge on any atom is 0.253 e. The van der Waals surface area contributed by atoms with Crippen LogP contribution < -0.4 is 10.4 Å². The van der Waals surface area contributed by atoms with E-state index in [9.17, 15) is 19.5 Å². The highest BCUT2D eigenvalue weighted by Crippen LogP contribution is 2.40. The summed E-state index contributed by atoms with van der Waals surface area (Å²) >= 11 is 1.40. The molecule has 2 amide bonds. The first-order valence-electron chi connectivity index (χ1n) is 7.38. The average molecular weight is 343 g/mol. The number of fused-ring (bicyclic) bond motifs is 1. The summed E-state index contributed by atoms with van der Waals surface area (Å²) in [4.78, 5) is 36.9. The molecule has 6 nitrogen and oxygen atoms in total. The fourth-order valence-electron chi connectivity index (χ4n) is 2.79. The third kappa shape index (κ3) is 2.82. The number of nitrogens with one attached hydrogen (secondary N) is 1. The number of aliphatic carboxylic acids is 1. The second kappa shape index (κ2) is 6.52. The van der Waals surface area contributed by atoms with Crippen molar-refractivity contribution >= 4 is 29.5 Å². The van der Waals surface area contributed by atoms with Gasteiger partial charge in [-0.3, -0.25) is 14.5 Å². The summed E-state index contributed by atoms with van der Waals surface area (Å²) in [5, 5.41) is 13.6. The Hall–Kier alpha value is -2.54. The van der Waals surface area contributed by atoms with Crippen LogP contribution in [0.1, 0.15) is 5.56 Å². The Morgan fingerprint density at radius 2 is 2.08 bits per heavy atom. The van der Waals surface area contributed by atoms with Gasteiger partial charge in [0.15, 0.2) is 0 Å². The second-order valence-electron chi connectivity index (χ2n) is 5.48. The van der Waals surface area contributed by atoms with Crippen molar-refractivity contribution in [3.63, 3.8) is 0 Å². The topological polar surface area (TPSA) is 89.5 Å². The number of rotatable bonds is 5. The number of carboxylic acid groups (broad SMARTS) is 1. The number of carboxylic acids is 1. The van der Waals surface area contributed by atoms with E-state index in [0.29, 0.717) is 11.3 Å². The second-order valence-corrected chi connectivity index (χ2v) is 6.59. The van der Waals surface area contributed by atoms with Crippen molar-refractivity contribution in [3.05, 3.63) is 59.8 Å². The molecule has 3 rings (SSSR count). The van der Waals surface area contributed by atoms with Gasteiger partial charge in [-0.05, 0) is 11.1 Å². The maximum absolute atomic E-state index is 12.3. The van der Waals surface area contributed by atoms with E-state index < -0.39 is 23.3 Å². The lowest BCUT2D eigenvalue weighted by atomic mass is 10.0. The molecule has 2 heterocycles. The van der Waals surface area contributed by atoms with E-state index in [1.807, 2.05) is 30.3 Å². The number of benzene rings is 1. The van der Waals surface area contributed by atoms with Crippen LogP contribution in [0.25, 0.3) is 0 Å². The van der Waals surface area contributed by atoms with Crippen LogP contribution >= 0.6 is 11.8 Å². The van der Waals surface area contributed by atoms with Gasteiger partial charge >= 0.3 is 0 Å². The fraction of sp³-hybridized carbons (Fsp3) is 0.235. The maximum atomic E-state index is 12.3. The Bertz CT molecular complexity index is 744. The number of amides is 2.